The van der Waals surface area contributed by atoms with E-state index in [0.29, 0.717) is 11.1 Å². The summed E-state index contributed by atoms with van der Waals surface area (Å²) in [6.07, 6.45) is 4.80. The Bertz CT molecular complexity index is 767. The van der Waals surface area contributed by atoms with Gasteiger partial charge in [-0.3, -0.25) is 9.78 Å². The van der Waals surface area contributed by atoms with Gasteiger partial charge < -0.3 is 9.88 Å². The third-order valence-corrected chi connectivity index (χ3v) is 3.21. The fraction of sp³-hybridized carbons (Fsp3) is 0.0667. The molecule has 0 atom stereocenters. The molecule has 0 bridgehead atoms. The zero-order chi connectivity index (χ0) is 14.1. The largest absolute Gasteiger partial charge is 0.361 e. The van der Waals surface area contributed by atoms with E-state index in [1.165, 1.54) is 23.4 Å². The molecule has 0 spiro atoms. The number of benzene rings is 1. The predicted molar refractivity (Wildman–Crippen MR) is 75.2 cm³/mol. The van der Waals surface area contributed by atoms with Gasteiger partial charge in [-0.1, -0.05) is 0 Å². The molecule has 0 unspecified atom stereocenters. The van der Waals surface area contributed by atoms with Crippen LogP contribution in [0.15, 0.2) is 48.9 Å². The summed E-state index contributed by atoms with van der Waals surface area (Å²) in [6, 6.07) is 8.08. The van der Waals surface area contributed by atoms with Crippen LogP contribution >= 0.6 is 0 Å². The zero-order valence-corrected chi connectivity index (χ0v) is 10.8. The van der Waals surface area contributed by atoms with Crippen LogP contribution in [0.25, 0.3) is 10.9 Å². The van der Waals surface area contributed by atoms with E-state index in [0.717, 1.165) is 5.39 Å². The number of nitrogens with zero attached hydrogens (tertiary/aromatic N) is 2. The third kappa shape index (κ3) is 2.03. The molecule has 3 aromatic rings. The monoisotopic (exact) mass is 269 g/mol. The molecule has 1 N–H and O–H groups in total. The van der Waals surface area contributed by atoms with E-state index in [4.69, 9.17) is 0 Å². The van der Waals surface area contributed by atoms with Gasteiger partial charge in [0.05, 0.1) is 5.69 Å². The van der Waals surface area contributed by atoms with Crippen LogP contribution < -0.4 is 4.90 Å². The molecule has 20 heavy (non-hydrogen) atoms. The van der Waals surface area contributed by atoms with Gasteiger partial charge in [-0.2, -0.15) is 0 Å². The average Bonchev–Trinajstić information content (AvgIpc) is 2.93. The van der Waals surface area contributed by atoms with Crippen LogP contribution in [0.2, 0.25) is 0 Å². The van der Waals surface area contributed by atoms with Crippen molar-refractivity contribution in [1.29, 1.82) is 0 Å². The number of hydrogen-bond donors (Lipinski definition) is 1. The second-order valence-corrected chi connectivity index (χ2v) is 4.47. The summed E-state index contributed by atoms with van der Waals surface area (Å²) in [6.45, 7) is 0. The molecular formula is C15H12FN3O. The Morgan fingerprint density at radius 3 is 2.75 bits per heavy atom. The van der Waals surface area contributed by atoms with Gasteiger partial charge in [0, 0.05) is 48.2 Å². The van der Waals surface area contributed by atoms with Crippen LogP contribution in [0.1, 0.15) is 10.4 Å². The van der Waals surface area contributed by atoms with Gasteiger partial charge in [0.25, 0.3) is 5.91 Å². The number of rotatable bonds is 2. The summed E-state index contributed by atoms with van der Waals surface area (Å²) in [7, 11) is 1.56. The standard InChI is InChI=1S/C15H12FN3O/c1-19(15(20)10-2-5-17-6-3-10)14-8-11-4-7-18-13(11)9-12(14)16/h2-9,18H,1H3. The maximum Gasteiger partial charge on any atom is 0.258 e. The van der Waals surface area contributed by atoms with Crippen molar-refractivity contribution in [3.63, 3.8) is 0 Å². The first-order valence-electron chi connectivity index (χ1n) is 6.11. The van der Waals surface area contributed by atoms with E-state index in [2.05, 4.69) is 9.97 Å². The lowest BCUT2D eigenvalue weighted by Gasteiger charge is -2.18. The van der Waals surface area contributed by atoms with E-state index in [9.17, 15) is 9.18 Å². The number of hydrogen-bond acceptors (Lipinski definition) is 2. The number of carbonyl (C=O) groups is 1. The first-order chi connectivity index (χ1) is 9.66. The minimum atomic E-state index is -0.440. The first-order valence-corrected chi connectivity index (χ1v) is 6.11. The highest BCUT2D eigenvalue weighted by atomic mass is 19.1. The molecule has 2 heterocycles. The van der Waals surface area contributed by atoms with E-state index in [1.807, 2.05) is 6.07 Å². The number of H-pyrrole nitrogens is 1. The van der Waals surface area contributed by atoms with Gasteiger partial charge in [0.15, 0.2) is 0 Å². The van der Waals surface area contributed by atoms with E-state index < -0.39 is 5.82 Å². The van der Waals surface area contributed by atoms with Crippen molar-refractivity contribution in [3.05, 3.63) is 60.3 Å². The maximum absolute atomic E-state index is 14.1. The Kier molecular flexibility index (Phi) is 2.95. The molecule has 2 aromatic heterocycles. The summed E-state index contributed by atoms with van der Waals surface area (Å²) < 4.78 is 14.1. The second-order valence-electron chi connectivity index (χ2n) is 4.47. The number of carbonyl (C=O) groups excluding carboxylic acids is 1. The van der Waals surface area contributed by atoms with Crippen LogP contribution in [-0.2, 0) is 0 Å². The summed E-state index contributed by atoms with van der Waals surface area (Å²) in [5.74, 6) is -0.717. The fourth-order valence-electron chi connectivity index (χ4n) is 2.12. The van der Waals surface area contributed by atoms with Crippen molar-refractivity contribution < 1.29 is 9.18 Å². The maximum atomic E-state index is 14.1. The number of halogens is 1. The average molecular weight is 269 g/mol. The molecule has 100 valence electrons. The Hall–Kier alpha value is -2.69. The SMILES string of the molecule is CN(C(=O)c1ccncc1)c1cc2cc[nH]c2cc1F. The summed E-state index contributed by atoms with van der Waals surface area (Å²) >= 11 is 0. The summed E-state index contributed by atoms with van der Waals surface area (Å²) in [4.78, 5) is 20.4. The van der Waals surface area contributed by atoms with E-state index in [1.54, 1.807) is 31.4 Å². The summed E-state index contributed by atoms with van der Waals surface area (Å²) in [5.41, 5.74) is 1.42. The Balaban J connectivity index is 2.01. The quantitative estimate of drug-likeness (QED) is 0.777. The molecular weight excluding hydrogens is 257 g/mol. The van der Waals surface area contributed by atoms with Gasteiger partial charge >= 0.3 is 0 Å². The van der Waals surface area contributed by atoms with Crippen molar-refractivity contribution >= 4 is 22.5 Å². The molecule has 0 aliphatic carbocycles. The smallest absolute Gasteiger partial charge is 0.258 e. The molecule has 0 aliphatic heterocycles. The minimum Gasteiger partial charge on any atom is -0.361 e. The fourth-order valence-corrected chi connectivity index (χ4v) is 2.12. The number of aromatic amines is 1. The molecule has 0 radical (unpaired) electrons. The molecule has 5 heteroatoms. The lowest BCUT2D eigenvalue weighted by atomic mass is 10.2. The number of fused-ring (bicyclic) bond motifs is 1. The van der Waals surface area contributed by atoms with Crippen molar-refractivity contribution in [2.75, 3.05) is 11.9 Å². The van der Waals surface area contributed by atoms with Gasteiger partial charge in [0.1, 0.15) is 5.82 Å². The lowest BCUT2D eigenvalue weighted by Crippen LogP contribution is -2.27. The highest BCUT2D eigenvalue weighted by molar-refractivity contribution is 6.06. The Morgan fingerprint density at radius 2 is 2.00 bits per heavy atom. The number of amides is 1. The summed E-state index contributed by atoms with van der Waals surface area (Å²) in [5, 5.41) is 0.857. The highest BCUT2D eigenvalue weighted by Gasteiger charge is 2.17. The van der Waals surface area contributed by atoms with Crippen LogP contribution in [0.4, 0.5) is 10.1 Å². The lowest BCUT2D eigenvalue weighted by molar-refractivity contribution is 0.0992. The molecule has 0 aliphatic rings. The van der Waals surface area contributed by atoms with Crippen molar-refractivity contribution in [3.8, 4) is 0 Å². The van der Waals surface area contributed by atoms with E-state index in [-0.39, 0.29) is 11.6 Å². The normalized spacial score (nSPS) is 10.7. The Morgan fingerprint density at radius 1 is 1.25 bits per heavy atom. The van der Waals surface area contributed by atoms with Gasteiger partial charge in [-0.15, -0.1) is 0 Å². The second kappa shape index (κ2) is 4.77. The molecule has 1 amide bonds. The van der Waals surface area contributed by atoms with Crippen molar-refractivity contribution in [2.45, 2.75) is 0 Å². The molecule has 0 saturated heterocycles. The van der Waals surface area contributed by atoms with Crippen LogP contribution in [-0.4, -0.2) is 22.9 Å². The number of nitrogens with one attached hydrogen (secondary N) is 1. The molecule has 3 rings (SSSR count). The third-order valence-electron chi connectivity index (χ3n) is 3.21. The van der Waals surface area contributed by atoms with Crippen molar-refractivity contribution in [2.24, 2.45) is 0 Å². The van der Waals surface area contributed by atoms with Gasteiger partial charge in [-0.25, -0.2) is 4.39 Å². The molecule has 0 fully saturated rings. The topological polar surface area (TPSA) is 49.0 Å². The zero-order valence-electron chi connectivity index (χ0n) is 10.8. The number of aromatic nitrogens is 2. The van der Waals surface area contributed by atoms with Crippen LogP contribution in [0, 0.1) is 5.82 Å². The first kappa shape index (κ1) is 12.3. The van der Waals surface area contributed by atoms with Crippen molar-refractivity contribution in [1.82, 2.24) is 9.97 Å². The number of pyridine rings is 1. The van der Waals surface area contributed by atoms with E-state index >= 15 is 0 Å². The van der Waals surface area contributed by atoms with Gasteiger partial charge in [0.2, 0.25) is 0 Å². The molecule has 1 aromatic carbocycles. The molecule has 4 nitrogen and oxygen atoms in total. The molecule has 0 saturated carbocycles. The predicted octanol–water partition coefficient (Wildman–Crippen LogP) is 2.98. The minimum absolute atomic E-state index is 0.249. The van der Waals surface area contributed by atoms with Crippen LogP contribution in [0.3, 0.4) is 0 Å². The Labute approximate surface area is 114 Å². The number of anilines is 1. The highest BCUT2D eigenvalue weighted by Crippen LogP contribution is 2.25. The van der Waals surface area contributed by atoms with Crippen LogP contribution in [0.5, 0.6) is 0 Å². The van der Waals surface area contributed by atoms with Gasteiger partial charge in [-0.05, 0) is 24.3 Å².